The maximum Gasteiger partial charge on any atom is 0.276 e. The summed E-state index contributed by atoms with van der Waals surface area (Å²) in [6.07, 6.45) is 0. The molecule has 0 saturated carbocycles. The van der Waals surface area contributed by atoms with E-state index in [1.165, 1.54) is 27.2 Å². The molecule has 11 heteroatoms. The van der Waals surface area contributed by atoms with Crippen molar-refractivity contribution in [3.05, 3.63) is 35.4 Å². The van der Waals surface area contributed by atoms with Gasteiger partial charge in [-0.2, -0.15) is 5.11 Å². The fraction of sp³-hybridized carbons (Fsp3) is 0.364. The van der Waals surface area contributed by atoms with Crippen LogP contribution >= 0.6 is 23.4 Å². The van der Waals surface area contributed by atoms with Crippen molar-refractivity contribution in [3.8, 4) is 23.0 Å². The second-order valence-corrected chi connectivity index (χ2v) is 7.22. The van der Waals surface area contributed by atoms with E-state index < -0.39 is 17.7 Å². The summed E-state index contributed by atoms with van der Waals surface area (Å²) in [5.41, 5.74) is 0.337. The van der Waals surface area contributed by atoms with E-state index in [4.69, 9.17) is 42.3 Å². The van der Waals surface area contributed by atoms with Crippen LogP contribution in [0.1, 0.15) is 20.8 Å². The van der Waals surface area contributed by atoms with Crippen LogP contribution in [-0.4, -0.2) is 45.2 Å². The summed E-state index contributed by atoms with van der Waals surface area (Å²) < 4.78 is 22.4. The minimum Gasteiger partial charge on any atom is -0.497 e. The topological polar surface area (TPSA) is 99.0 Å². The average molecular weight is 498 g/mol. The first-order valence-corrected chi connectivity index (χ1v) is 10.7. The molecule has 0 radical (unpaired) electrons. The van der Waals surface area contributed by atoms with Crippen molar-refractivity contribution in [3.63, 3.8) is 0 Å². The van der Waals surface area contributed by atoms with E-state index in [9.17, 15) is 9.59 Å². The van der Waals surface area contributed by atoms with Gasteiger partial charge in [0.05, 0.1) is 32.5 Å². The van der Waals surface area contributed by atoms with Gasteiger partial charge in [0, 0.05) is 17.8 Å². The van der Waals surface area contributed by atoms with E-state index >= 15 is 0 Å². The molecule has 33 heavy (non-hydrogen) atoms. The Labute approximate surface area is 202 Å². The minimum atomic E-state index is -1.53. The lowest BCUT2D eigenvalue weighted by Gasteiger charge is -2.19. The highest BCUT2D eigenvalue weighted by molar-refractivity contribution is 6.39. The van der Waals surface area contributed by atoms with E-state index in [1.54, 1.807) is 31.2 Å². The molecule has 0 saturated heterocycles. The zero-order valence-corrected chi connectivity index (χ0v) is 20.4. The lowest BCUT2D eigenvalue weighted by Crippen LogP contribution is -2.36. The molecule has 0 aliphatic carbocycles. The number of methoxy groups -OCH3 is 2. The van der Waals surface area contributed by atoms with Gasteiger partial charge in [-0.25, -0.2) is 4.42 Å². The van der Waals surface area contributed by atoms with Crippen LogP contribution in [0.2, 0.25) is 5.02 Å². The molecule has 1 atom stereocenters. The predicted octanol–water partition coefficient (Wildman–Crippen LogP) is 5.38. The number of carbonyl (C=O) groups excluding carboxylic acids is 2. The molecule has 1 unspecified atom stereocenters. The zero-order valence-electron chi connectivity index (χ0n) is 18.9. The molecule has 2 rings (SSSR count). The molecular weight excluding hydrogens is 473 g/mol. The Balaban J connectivity index is 2.43. The first-order valence-electron chi connectivity index (χ1n) is 10.00. The van der Waals surface area contributed by atoms with Crippen LogP contribution in [0.25, 0.3) is 0 Å². The van der Waals surface area contributed by atoms with Crippen LogP contribution in [0.5, 0.6) is 23.0 Å². The van der Waals surface area contributed by atoms with E-state index in [1.807, 2.05) is 6.92 Å². The number of carbonyl (C=O) groups is 2. The molecule has 178 valence electrons. The Morgan fingerprint density at radius 1 is 1.03 bits per heavy atom. The summed E-state index contributed by atoms with van der Waals surface area (Å²) in [5, 5.41) is 8.22. The second-order valence-electron chi connectivity index (χ2n) is 6.47. The van der Waals surface area contributed by atoms with Gasteiger partial charge < -0.3 is 18.9 Å². The van der Waals surface area contributed by atoms with E-state index in [0.717, 1.165) is 4.42 Å². The SMILES string of the molecule is CCOc1ccc(Cl)c(N=NC(C(C)=O)C(=O)N(Cl)c2ccc(OC)cc2OC)c1OCC. The van der Waals surface area contributed by atoms with Gasteiger partial charge in [-0.1, -0.05) is 11.6 Å². The van der Waals surface area contributed by atoms with Crippen LogP contribution in [0.4, 0.5) is 11.4 Å². The van der Waals surface area contributed by atoms with Crippen molar-refractivity contribution in [2.75, 3.05) is 31.9 Å². The van der Waals surface area contributed by atoms with Gasteiger partial charge in [0.1, 0.15) is 22.9 Å². The molecule has 2 aromatic rings. The Morgan fingerprint density at radius 2 is 1.73 bits per heavy atom. The Morgan fingerprint density at radius 3 is 2.30 bits per heavy atom. The number of benzene rings is 2. The summed E-state index contributed by atoms with van der Waals surface area (Å²) in [5.74, 6) is 0.0322. The molecule has 0 spiro atoms. The monoisotopic (exact) mass is 497 g/mol. The number of hydrogen-bond donors (Lipinski definition) is 0. The van der Waals surface area contributed by atoms with Gasteiger partial charge in [-0.05, 0) is 45.0 Å². The average Bonchev–Trinajstić information content (AvgIpc) is 2.81. The van der Waals surface area contributed by atoms with Gasteiger partial charge in [0.15, 0.2) is 17.3 Å². The fourth-order valence-electron chi connectivity index (χ4n) is 2.77. The molecule has 2 aromatic carbocycles. The van der Waals surface area contributed by atoms with Crippen molar-refractivity contribution >= 4 is 46.4 Å². The van der Waals surface area contributed by atoms with Gasteiger partial charge in [0.25, 0.3) is 5.91 Å². The molecule has 0 aliphatic heterocycles. The number of ketones is 1. The lowest BCUT2D eigenvalue weighted by molar-refractivity contribution is -0.126. The Kier molecular flexibility index (Phi) is 9.74. The summed E-state index contributed by atoms with van der Waals surface area (Å²) in [7, 11) is 2.91. The number of anilines is 1. The molecule has 9 nitrogen and oxygen atoms in total. The smallest absolute Gasteiger partial charge is 0.276 e. The Bertz CT molecular complexity index is 1030. The minimum absolute atomic E-state index is 0.131. The number of amides is 1. The molecule has 0 heterocycles. The second kappa shape index (κ2) is 12.3. The number of Topliss-reactive ketones (excluding diaryl/α,β-unsaturated/α-hetero) is 1. The third kappa shape index (κ3) is 6.27. The van der Waals surface area contributed by atoms with Crippen molar-refractivity contribution in [2.45, 2.75) is 26.8 Å². The van der Waals surface area contributed by atoms with Crippen LogP contribution in [0.15, 0.2) is 40.6 Å². The number of halogens is 2. The third-order valence-electron chi connectivity index (χ3n) is 4.32. The summed E-state index contributed by atoms with van der Waals surface area (Å²) in [6.45, 7) is 5.51. The van der Waals surface area contributed by atoms with Gasteiger partial charge >= 0.3 is 0 Å². The van der Waals surface area contributed by atoms with Crippen LogP contribution in [0, 0.1) is 0 Å². The molecule has 0 N–H and O–H groups in total. The predicted molar refractivity (Wildman–Crippen MR) is 126 cm³/mol. The first-order chi connectivity index (χ1) is 15.8. The molecule has 0 aliphatic rings. The van der Waals surface area contributed by atoms with E-state index in [0.29, 0.717) is 24.7 Å². The molecular formula is C22H25Cl2N3O6. The maximum atomic E-state index is 13.0. The number of azo groups is 1. The van der Waals surface area contributed by atoms with E-state index in [-0.39, 0.29) is 27.9 Å². The molecule has 0 bridgehead atoms. The number of hydrogen-bond acceptors (Lipinski definition) is 8. The fourth-order valence-corrected chi connectivity index (χ4v) is 3.19. The zero-order chi connectivity index (χ0) is 24.5. The van der Waals surface area contributed by atoms with Crippen LogP contribution < -0.4 is 23.4 Å². The van der Waals surface area contributed by atoms with Gasteiger partial charge in [-0.15, -0.1) is 5.11 Å². The normalized spacial score (nSPS) is 11.7. The number of ether oxygens (including phenoxy) is 4. The molecule has 0 fully saturated rings. The number of rotatable bonds is 11. The van der Waals surface area contributed by atoms with Gasteiger partial charge in [0.2, 0.25) is 6.04 Å². The van der Waals surface area contributed by atoms with Crippen LogP contribution in [-0.2, 0) is 9.59 Å². The van der Waals surface area contributed by atoms with Crippen LogP contribution in [0.3, 0.4) is 0 Å². The van der Waals surface area contributed by atoms with E-state index in [2.05, 4.69) is 10.2 Å². The highest BCUT2D eigenvalue weighted by atomic mass is 35.5. The summed E-state index contributed by atoms with van der Waals surface area (Å²) in [4.78, 5) is 25.3. The molecule has 1 amide bonds. The lowest BCUT2D eigenvalue weighted by atomic mass is 10.2. The Hall–Kier alpha value is -3.04. The third-order valence-corrected chi connectivity index (χ3v) is 4.97. The van der Waals surface area contributed by atoms with Gasteiger partial charge in [-0.3, -0.25) is 9.59 Å². The van der Waals surface area contributed by atoms with Crippen molar-refractivity contribution in [2.24, 2.45) is 10.2 Å². The summed E-state index contributed by atoms with van der Waals surface area (Å²) >= 11 is 12.6. The first kappa shape index (κ1) is 26.2. The largest absolute Gasteiger partial charge is 0.497 e. The molecule has 0 aromatic heterocycles. The van der Waals surface area contributed by atoms with Crippen molar-refractivity contribution in [1.82, 2.24) is 0 Å². The maximum absolute atomic E-state index is 13.0. The summed E-state index contributed by atoms with van der Waals surface area (Å²) in [6, 6.07) is 6.33. The van der Waals surface area contributed by atoms with Crippen molar-refractivity contribution < 1.29 is 28.5 Å². The standard InChI is InChI=1S/C22H25Cl2N3O6/c1-6-32-17-11-9-15(23)20(21(17)33-7-2)26-25-19(13(3)28)22(29)27(24)16-10-8-14(30-4)12-18(16)31-5/h8-12,19H,6-7H2,1-5H3. The highest BCUT2D eigenvalue weighted by Gasteiger charge is 2.31. The number of nitrogens with zero attached hydrogens (tertiary/aromatic N) is 3. The highest BCUT2D eigenvalue weighted by Crippen LogP contribution is 2.43. The van der Waals surface area contributed by atoms with Crippen molar-refractivity contribution in [1.29, 1.82) is 0 Å². The quantitative estimate of drug-likeness (QED) is 0.234.